The maximum atomic E-state index is 8.75. The van der Waals surface area contributed by atoms with Gasteiger partial charge in [-0.2, -0.15) is 0 Å². The van der Waals surface area contributed by atoms with Crippen molar-refractivity contribution in [1.82, 2.24) is 0 Å². The molecular formula is C10H11NO. The Morgan fingerprint density at radius 1 is 1.25 bits per heavy atom. The van der Waals surface area contributed by atoms with Gasteiger partial charge in [-0.05, 0) is 17.7 Å². The van der Waals surface area contributed by atoms with Gasteiger partial charge in [-0.25, -0.2) is 0 Å². The van der Waals surface area contributed by atoms with E-state index >= 15 is 0 Å². The molecule has 0 aliphatic carbocycles. The van der Waals surface area contributed by atoms with Crippen LogP contribution in [0.4, 0.5) is 0 Å². The fraction of sp³-hybridized carbons (Fsp3) is 0.200. The Hall–Kier alpha value is -1.30. The first-order valence-electron chi connectivity index (χ1n) is 3.75. The Balaban J connectivity index is 2.78. The molecule has 0 fully saturated rings. The number of aliphatic hydroxyl groups excluding tert-OH is 1. The summed E-state index contributed by atoms with van der Waals surface area (Å²) in [5.41, 5.74) is 7.04. The maximum absolute atomic E-state index is 8.75. The predicted molar refractivity (Wildman–Crippen MR) is 48.3 cm³/mol. The molecule has 2 heteroatoms. The molecule has 3 N–H and O–H groups in total. The Morgan fingerprint density at radius 2 is 1.92 bits per heavy atom. The van der Waals surface area contributed by atoms with Crippen molar-refractivity contribution in [3.05, 3.63) is 35.4 Å². The quantitative estimate of drug-likeness (QED) is 0.589. The Kier molecular flexibility index (Phi) is 3.34. The van der Waals surface area contributed by atoms with Gasteiger partial charge in [-0.15, -0.1) is 0 Å². The van der Waals surface area contributed by atoms with Crippen molar-refractivity contribution < 1.29 is 5.11 Å². The van der Waals surface area contributed by atoms with Crippen LogP contribution < -0.4 is 5.73 Å². The Bertz CT molecular complexity index is 292. The van der Waals surface area contributed by atoms with Crippen LogP contribution in [0.5, 0.6) is 0 Å². The molecule has 0 radical (unpaired) electrons. The second-order valence-electron chi connectivity index (χ2n) is 2.36. The van der Waals surface area contributed by atoms with Crippen LogP contribution in [0.15, 0.2) is 24.3 Å². The summed E-state index contributed by atoms with van der Waals surface area (Å²) >= 11 is 0. The molecule has 12 heavy (non-hydrogen) atoms. The summed E-state index contributed by atoms with van der Waals surface area (Å²) in [5.74, 6) is 5.66. The van der Waals surface area contributed by atoms with Gasteiger partial charge in [0.05, 0.1) is 13.2 Å². The molecule has 0 heterocycles. The van der Waals surface area contributed by atoms with Crippen LogP contribution in [-0.2, 0) is 6.61 Å². The molecule has 62 valence electrons. The van der Waals surface area contributed by atoms with Crippen LogP contribution >= 0.6 is 0 Å². The lowest BCUT2D eigenvalue weighted by molar-refractivity contribution is 0.282. The topological polar surface area (TPSA) is 46.2 Å². The lowest BCUT2D eigenvalue weighted by Gasteiger charge is -1.94. The van der Waals surface area contributed by atoms with E-state index in [-0.39, 0.29) is 6.61 Å². The second kappa shape index (κ2) is 4.55. The normalized spacial score (nSPS) is 8.83. The number of nitrogens with two attached hydrogens (primary N) is 1. The highest BCUT2D eigenvalue weighted by Crippen LogP contribution is 2.02. The first kappa shape index (κ1) is 8.79. The van der Waals surface area contributed by atoms with Crippen molar-refractivity contribution in [2.24, 2.45) is 5.73 Å². The molecule has 1 aromatic carbocycles. The molecule has 0 aliphatic heterocycles. The van der Waals surface area contributed by atoms with Crippen molar-refractivity contribution in [2.75, 3.05) is 6.54 Å². The Morgan fingerprint density at radius 3 is 2.42 bits per heavy atom. The molecule has 0 saturated carbocycles. The molecule has 2 nitrogen and oxygen atoms in total. The van der Waals surface area contributed by atoms with Crippen molar-refractivity contribution in [3.63, 3.8) is 0 Å². The van der Waals surface area contributed by atoms with Gasteiger partial charge in [-0.3, -0.25) is 0 Å². The zero-order valence-electron chi connectivity index (χ0n) is 6.75. The number of benzene rings is 1. The first-order chi connectivity index (χ1) is 5.86. The first-order valence-corrected chi connectivity index (χ1v) is 3.75. The molecule has 0 unspecified atom stereocenters. The molecule has 0 amide bonds. The molecule has 0 aromatic heterocycles. The summed E-state index contributed by atoms with van der Waals surface area (Å²) in [5, 5.41) is 8.75. The lowest BCUT2D eigenvalue weighted by atomic mass is 10.1. The molecule has 0 aliphatic rings. The van der Waals surface area contributed by atoms with Gasteiger partial charge >= 0.3 is 0 Å². The number of hydrogen-bond donors (Lipinski definition) is 2. The molecule has 0 bridgehead atoms. The van der Waals surface area contributed by atoms with Crippen LogP contribution in [-0.4, -0.2) is 11.7 Å². The largest absolute Gasteiger partial charge is 0.392 e. The van der Waals surface area contributed by atoms with E-state index in [9.17, 15) is 0 Å². The Labute approximate surface area is 72.0 Å². The summed E-state index contributed by atoms with van der Waals surface area (Å²) in [6.45, 7) is 0.451. The number of rotatable bonds is 1. The van der Waals surface area contributed by atoms with Crippen LogP contribution in [0.2, 0.25) is 0 Å². The molecule has 1 aromatic rings. The van der Waals surface area contributed by atoms with Gasteiger partial charge in [-0.1, -0.05) is 24.0 Å². The highest BCUT2D eigenvalue weighted by atomic mass is 16.3. The van der Waals surface area contributed by atoms with Gasteiger partial charge in [0.15, 0.2) is 0 Å². The maximum Gasteiger partial charge on any atom is 0.0681 e. The average molecular weight is 161 g/mol. The zero-order valence-corrected chi connectivity index (χ0v) is 6.75. The summed E-state index contributed by atoms with van der Waals surface area (Å²) in [6.07, 6.45) is 0. The van der Waals surface area contributed by atoms with E-state index in [1.54, 1.807) is 0 Å². The molecule has 0 saturated heterocycles. The minimum Gasteiger partial charge on any atom is -0.392 e. The van der Waals surface area contributed by atoms with E-state index in [2.05, 4.69) is 11.8 Å². The van der Waals surface area contributed by atoms with Crippen molar-refractivity contribution in [3.8, 4) is 11.8 Å². The van der Waals surface area contributed by atoms with Gasteiger partial charge in [0.2, 0.25) is 0 Å². The van der Waals surface area contributed by atoms with Crippen LogP contribution in [0.3, 0.4) is 0 Å². The highest BCUT2D eigenvalue weighted by Gasteiger charge is 1.88. The van der Waals surface area contributed by atoms with E-state index in [4.69, 9.17) is 10.8 Å². The summed E-state index contributed by atoms with van der Waals surface area (Å²) in [6, 6.07) is 7.43. The minimum absolute atomic E-state index is 0.0740. The van der Waals surface area contributed by atoms with E-state index < -0.39 is 0 Å². The third-order valence-corrected chi connectivity index (χ3v) is 1.47. The van der Waals surface area contributed by atoms with E-state index in [0.29, 0.717) is 6.54 Å². The predicted octanol–water partition coefficient (Wildman–Crippen LogP) is 0.489. The van der Waals surface area contributed by atoms with Crippen LogP contribution in [0.1, 0.15) is 11.1 Å². The van der Waals surface area contributed by atoms with Crippen molar-refractivity contribution >= 4 is 0 Å². The number of hydrogen-bond acceptors (Lipinski definition) is 2. The number of aliphatic hydroxyl groups is 1. The van der Waals surface area contributed by atoms with Crippen molar-refractivity contribution in [1.29, 1.82) is 0 Å². The van der Waals surface area contributed by atoms with Gasteiger partial charge in [0.25, 0.3) is 0 Å². The minimum atomic E-state index is 0.0740. The molecule has 1 rings (SSSR count). The van der Waals surface area contributed by atoms with E-state index in [1.807, 2.05) is 24.3 Å². The molecule has 0 spiro atoms. The fourth-order valence-corrected chi connectivity index (χ4v) is 0.847. The lowest BCUT2D eigenvalue weighted by Crippen LogP contribution is -1.93. The van der Waals surface area contributed by atoms with Gasteiger partial charge in [0.1, 0.15) is 0 Å². The summed E-state index contributed by atoms with van der Waals surface area (Å²) in [7, 11) is 0. The fourth-order valence-electron chi connectivity index (χ4n) is 0.847. The van der Waals surface area contributed by atoms with Gasteiger partial charge in [0, 0.05) is 5.56 Å². The van der Waals surface area contributed by atoms with E-state index in [1.165, 1.54) is 0 Å². The van der Waals surface area contributed by atoms with E-state index in [0.717, 1.165) is 11.1 Å². The van der Waals surface area contributed by atoms with Crippen LogP contribution in [0, 0.1) is 11.8 Å². The van der Waals surface area contributed by atoms with Crippen LogP contribution in [0.25, 0.3) is 0 Å². The summed E-state index contributed by atoms with van der Waals surface area (Å²) in [4.78, 5) is 0. The highest BCUT2D eigenvalue weighted by molar-refractivity contribution is 5.36. The third-order valence-electron chi connectivity index (χ3n) is 1.47. The smallest absolute Gasteiger partial charge is 0.0681 e. The zero-order chi connectivity index (χ0) is 8.81. The third kappa shape index (κ3) is 2.39. The standard InChI is InChI=1S/C10H11NO/c11-7-1-2-9-3-5-10(8-12)6-4-9/h3-6,12H,7-8,11H2. The summed E-state index contributed by atoms with van der Waals surface area (Å²) < 4.78 is 0. The van der Waals surface area contributed by atoms with Gasteiger partial charge < -0.3 is 10.8 Å². The molecular weight excluding hydrogens is 150 g/mol. The monoisotopic (exact) mass is 161 g/mol. The molecule has 0 atom stereocenters. The average Bonchev–Trinajstić information content (AvgIpc) is 2.15. The SMILES string of the molecule is NCC#Cc1ccc(CO)cc1. The van der Waals surface area contributed by atoms with Crippen molar-refractivity contribution in [2.45, 2.75) is 6.61 Å². The second-order valence-corrected chi connectivity index (χ2v) is 2.36.